The van der Waals surface area contributed by atoms with Gasteiger partial charge in [0.15, 0.2) is 0 Å². The van der Waals surface area contributed by atoms with Crippen LogP contribution in [0.1, 0.15) is 47.7 Å². The van der Waals surface area contributed by atoms with E-state index in [1.54, 1.807) is 18.2 Å². The Hall–Kier alpha value is -3.51. The van der Waals surface area contributed by atoms with Gasteiger partial charge in [-0.05, 0) is 90.0 Å². The van der Waals surface area contributed by atoms with E-state index in [1.807, 2.05) is 30.5 Å². The highest BCUT2D eigenvalue weighted by atomic mass is 19.1. The molecular formula is C29H25F2N. The molecule has 0 spiro atoms. The van der Waals surface area contributed by atoms with Crippen molar-refractivity contribution < 1.29 is 8.78 Å². The molecule has 1 heterocycles. The quantitative estimate of drug-likeness (QED) is 0.302. The van der Waals surface area contributed by atoms with Gasteiger partial charge < -0.3 is 0 Å². The van der Waals surface area contributed by atoms with Crippen LogP contribution in [0.2, 0.25) is 0 Å². The Morgan fingerprint density at radius 1 is 0.750 bits per heavy atom. The summed E-state index contributed by atoms with van der Waals surface area (Å²) in [7, 11) is 0. The number of fused-ring (bicyclic) bond motifs is 1. The van der Waals surface area contributed by atoms with Gasteiger partial charge in [-0.25, -0.2) is 8.78 Å². The molecule has 32 heavy (non-hydrogen) atoms. The molecule has 1 aromatic heterocycles. The molecule has 3 aromatic carbocycles. The summed E-state index contributed by atoms with van der Waals surface area (Å²) in [5.41, 5.74) is 4.35. The van der Waals surface area contributed by atoms with E-state index in [4.69, 9.17) is 0 Å². The van der Waals surface area contributed by atoms with Crippen molar-refractivity contribution in [1.82, 2.24) is 4.98 Å². The summed E-state index contributed by atoms with van der Waals surface area (Å²) >= 11 is 0. The van der Waals surface area contributed by atoms with E-state index in [1.165, 1.54) is 30.5 Å². The summed E-state index contributed by atoms with van der Waals surface area (Å²) in [5, 5.41) is 1.72. The number of hydrogen-bond acceptors (Lipinski definition) is 1. The normalized spacial score (nSPS) is 10.7. The lowest BCUT2D eigenvalue weighted by Crippen LogP contribution is -1.97. The van der Waals surface area contributed by atoms with Crippen molar-refractivity contribution in [3.63, 3.8) is 0 Å². The maximum atomic E-state index is 14.6. The van der Waals surface area contributed by atoms with Gasteiger partial charge in [0.05, 0.1) is 5.56 Å². The minimum atomic E-state index is -0.319. The molecule has 0 bridgehead atoms. The molecule has 0 saturated heterocycles. The second kappa shape index (κ2) is 10.2. The number of hydrogen-bond donors (Lipinski definition) is 0. The molecule has 0 amide bonds. The predicted octanol–water partition coefficient (Wildman–Crippen LogP) is 7.04. The van der Waals surface area contributed by atoms with Crippen molar-refractivity contribution in [1.29, 1.82) is 0 Å². The predicted molar refractivity (Wildman–Crippen MR) is 127 cm³/mol. The lowest BCUT2D eigenvalue weighted by atomic mass is 10.0. The Kier molecular flexibility index (Phi) is 6.92. The van der Waals surface area contributed by atoms with Crippen molar-refractivity contribution in [2.24, 2.45) is 0 Å². The maximum absolute atomic E-state index is 14.6. The molecule has 0 saturated carbocycles. The molecule has 0 unspecified atom stereocenters. The van der Waals surface area contributed by atoms with Gasteiger partial charge in [-0.1, -0.05) is 49.5 Å². The van der Waals surface area contributed by atoms with Crippen LogP contribution in [0.4, 0.5) is 8.78 Å². The van der Waals surface area contributed by atoms with E-state index in [2.05, 4.69) is 35.9 Å². The molecule has 0 atom stereocenters. The van der Waals surface area contributed by atoms with Gasteiger partial charge in [0.2, 0.25) is 0 Å². The van der Waals surface area contributed by atoms with Crippen LogP contribution in [0.5, 0.6) is 0 Å². The smallest absolute Gasteiger partial charge is 0.139 e. The summed E-state index contributed by atoms with van der Waals surface area (Å²) in [6.07, 6.45) is 6.87. The molecule has 0 aliphatic rings. The third-order valence-electron chi connectivity index (χ3n) is 5.55. The number of benzene rings is 3. The van der Waals surface area contributed by atoms with Crippen molar-refractivity contribution in [2.45, 2.75) is 39.0 Å². The van der Waals surface area contributed by atoms with Crippen LogP contribution in [-0.2, 0) is 19.3 Å². The van der Waals surface area contributed by atoms with E-state index < -0.39 is 0 Å². The Labute approximate surface area is 188 Å². The van der Waals surface area contributed by atoms with E-state index in [-0.39, 0.29) is 11.6 Å². The van der Waals surface area contributed by atoms with Gasteiger partial charge in [-0.15, -0.1) is 0 Å². The minimum Gasteiger partial charge on any atom is -0.261 e. The minimum absolute atomic E-state index is 0.265. The SMILES string of the molecule is CCCCc1ccc(CCc2ccc(C#Cc3ccc4cc(F)ccc4c3)c(F)c2)nc1. The first-order chi connectivity index (χ1) is 15.6. The summed E-state index contributed by atoms with van der Waals surface area (Å²) < 4.78 is 27.9. The van der Waals surface area contributed by atoms with Crippen LogP contribution < -0.4 is 0 Å². The summed E-state index contributed by atoms with van der Waals surface area (Å²) in [5.74, 6) is 5.35. The van der Waals surface area contributed by atoms with Crippen molar-refractivity contribution in [2.75, 3.05) is 0 Å². The zero-order chi connectivity index (χ0) is 22.3. The van der Waals surface area contributed by atoms with Gasteiger partial charge >= 0.3 is 0 Å². The van der Waals surface area contributed by atoms with Crippen LogP contribution >= 0.6 is 0 Å². The average Bonchev–Trinajstić information content (AvgIpc) is 2.81. The Balaban J connectivity index is 1.41. The molecule has 0 radical (unpaired) electrons. The van der Waals surface area contributed by atoms with Crippen molar-refractivity contribution in [3.05, 3.63) is 113 Å². The fraction of sp³-hybridized carbons (Fsp3) is 0.207. The first-order valence-corrected chi connectivity index (χ1v) is 11.0. The van der Waals surface area contributed by atoms with Crippen LogP contribution in [0, 0.1) is 23.5 Å². The first-order valence-electron chi connectivity index (χ1n) is 11.0. The number of unbranched alkanes of at least 4 members (excludes halogenated alkanes) is 1. The molecule has 0 aliphatic carbocycles. The van der Waals surface area contributed by atoms with E-state index in [0.29, 0.717) is 5.56 Å². The summed E-state index contributed by atoms with van der Waals surface area (Å²) in [4.78, 5) is 4.54. The topological polar surface area (TPSA) is 12.9 Å². The lowest BCUT2D eigenvalue weighted by Gasteiger charge is -2.05. The standard InChI is InChI=1S/C29H25F2N/c1-2-3-4-23-9-16-28(32-20-23)15-8-22-6-11-24(29(31)18-22)10-5-21-7-12-26-19-27(30)14-13-25(26)17-21/h6-7,9,11-14,16-20H,2-4,8,15H2,1H3. The Morgan fingerprint density at radius 3 is 2.34 bits per heavy atom. The number of aromatic nitrogens is 1. The molecule has 0 N–H and O–H groups in total. The van der Waals surface area contributed by atoms with E-state index in [0.717, 1.165) is 46.9 Å². The lowest BCUT2D eigenvalue weighted by molar-refractivity contribution is 0.621. The third kappa shape index (κ3) is 5.59. The van der Waals surface area contributed by atoms with Gasteiger partial charge in [-0.3, -0.25) is 4.98 Å². The number of aryl methyl sites for hydroxylation is 3. The van der Waals surface area contributed by atoms with Crippen LogP contribution in [0.15, 0.2) is 72.9 Å². The molecule has 0 aliphatic heterocycles. The summed E-state index contributed by atoms with van der Waals surface area (Å²) in [6, 6.07) is 19.6. The zero-order valence-electron chi connectivity index (χ0n) is 18.2. The fourth-order valence-electron chi connectivity index (χ4n) is 3.65. The monoisotopic (exact) mass is 425 g/mol. The van der Waals surface area contributed by atoms with Crippen LogP contribution in [0.25, 0.3) is 10.8 Å². The van der Waals surface area contributed by atoms with E-state index in [9.17, 15) is 8.78 Å². The Bertz CT molecular complexity index is 1280. The molecule has 4 aromatic rings. The third-order valence-corrected chi connectivity index (χ3v) is 5.55. The van der Waals surface area contributed by atoms with Gasteiger partial charge in [-0.2, -0.15) is 0 Å². The highest BCUT2D eigenvalue weighted by Crippen LogP contribution is 2.18. The Morgan fingerprint density at radius 2 is 1.56 bits per heavy atom. The van der Waals surface area contributed by atoms with Crippen molar-refractivity contribution in [3.8, 4) is 11.8 Å². The second-order valence-corrected chi connectivity index (χ2v) is 8.03. The van der Waals surface area contributed by atoms with Crippen LogP contribution in [-0.4, -0.2) is 4.98 Å². The first kappa shape index (κ1) is 21.7. The number of halogens is 2. The average molecular weight is 426 g/mol. The summed E-state index contributed by atoms with van der Waals surface area (Å²) in [6.45, 7) is 2.19. The molecular weight excluding hydrogens is 400 g/mol. The number of rotatable bonds is 6. The second-order valence-electron chi connectivity index (χ2n) is 8.03. The van der Waals surface area contributed by atoms with Crippen molar-refractivity contribution >= 4 is 10.8 Å². The molecule has 3 heteroatoms. The van der Waals surface area contributed by atoms with Gasteiger partial charge in [0, 0.05) is 17.5 Å². The highest BCUT2D eigenvalue weighted by molar-refractivity contribution is 5.84. The molecule has 160 valence electrons. The van der Waals surface area contributed by atoms with E-state index >= 15 is 0 Å². The highest BCUT2D eigenvalue weighted by Gasteiger charge is 2.04. The van der Waals surface area contributed by atoms with Gasteiger partial charge in [0.1, 0.15) is 11.6 Å². The number of pyridine rings is 1. The van der Waals surface area contributed by atoms with Gasteiger partial charge in [0.25, 0.3) is 0 Å². The molecule has 0 fully saturated rings. The fourth-order valence-corrected chi connectivity index (χ4v) is 3.65. The maximum Gasteiger partial charge on any atom is 0.139 e. The molecule has 4 rings (SSSR count). The van der Waals surface area contributed by atoms with Crippen LogP contribution in [0.3, 0.4) is 0 Å². The molecule has 1 nitrogen and oxygen atoms in total. The number of nitrogens with zero attached hydrogens (tertiary/aromatic N) is 1. The largest absolute Gasteiger partial charge is 0.261 e. The zero-order valence-corrected chi connectivity index (χ0v) is 18.2.